The first-order chi connectivity index (χ1) is 13.6. The fourth-order valence-corrected chi connectivity index (χ4v) is 3.17. The minimum Gasteiger partial charge on any atom is -0.465 e. The maximum absolute atomic E-state index is 12.4. The molecular weight excluding hydrogens is 350 g/mol. The van der Waals surface area contributed by atoms with Gasteiger partial charge in [-0.05, 0) is 48.9 Å². The molecule has 0 N–H and O–H groups in total. The molecule has 4 heteroatoms. The molecule has 2 aromatic carbocycles. The lowest BCUT2D eigenvalue weighted by Gasteiger charge is -2.14. The second-order valence-corrected chi connectivity index (χ2v) is 6.77. The van der Waals surface area contributed by atoms with Crippen LogP contribution in [0, 0.1) is 17.2 Å². The van der Waals surface area contributed by atoms with Crippen molar-refractivity contribution < 1.29 is 14.3 Å². The monoisotopic (exact) mass is 377 g/mol. The van der Waals surface area contributed by atoms with E-state index in [9.17, 15) is 14.9 Å². The van der Waals surface area contributed by atoms with Crippen LogP contribution in [0.25, 0.3) is 11.1 Å². The molecule has 0 spiro atoms. The van der Waals surface area contributed by atoms with Crippen molar-refractivity contribution in [2.45, 2.75) is 46.0 Å². The first kappa shape index (κ1) is 21.4. The van der Waals surface area contributed by atoms with E-state index in [-0.39, 0.29) is 12.4 Å². The van der Waals surface area contributed by atoms with Crippen LogP contribution in [0.3, 0.4) is 0 Å². The zero-order valence-electron chi connectivity index (χ0n) is 16.6. The zero-order valence-corrected chi connectivity index (χ0v) is 16.6. The Labute approximate surface area is 167 Å². The number of Topliss-reactive ketones (excluding diaryl/α,β-unsaturated/α-hetero) is 1. The van der Waals surface area contributed by atoms with Crippen LogP contribution in [0.15, 0.2) is 48.5 Å². The Hall–Kier alpha value is -2.93. The molecule has 2 rings (SSSR count). The number of ketones is 1. The predicted molar refractivity (Wildman–Crippen MR) is 110 cm³/mol. The quantitative estimate of drug-likeness (QED) is 0.427. The van der Waals surface area contributed by atoms with Gasteiger partial charge in [0.1, 0.15) is 11.7 Å². The number of hydrogen-bond acceptors (Lipinski definition) is 4. The molecule has 0 radical (unpaired) electrons. The number of carbonyl (C=O) groups is 2. The van der Waals surface area contributed by atoms with Gasteiger partial charge in [0.15, 0.2) is 0 Å². The fourth-order valence-electron chi connectivity index (χ4n) is 3.17. The van der Waals surface area contributed by atoms with Crippen LogP contribution < -0.4 is 0 Å². The highest BCUT2D eigenvalue weighted by Crippen LogP contribution is 2.24. The average Bonchev–Trinajstić information content (AvgIpc) is 2.73. The molecule has 0 amide bonds. The third-order valence-electron chi connectivity index (χ3n) is 4.77. The molecule has 0 aliphatic rings. The lowest BCUT2D eigenvalue weighted by Crippen LogP contribution is -2.26. The van der Waals surface area contributed by atoms with E-state index in [0.29, 0.717) is 24.8 Å². The predicted octanol–water partition coefficient (Wildman–Crippen LogP) is 5.10. The Morgan fingerprint density at radius 2 is 1.79 bits per heavy atom. The van der Waals surface area contributed by atoms with Crippen molar-refractivity contribution in [2.75, 3.05) is 6.61 Å². The average molecular weight is 377 g/mol. The Kier molecular flexibility index (Phi) is 8.42. The Morgan fingerprint density at radius 1 is 1.07 bits per heavy atom. The van der Waals surface area contributed by atoms with Crippen LogP contribution >= 0.6 is 0 Å². The van der Waals surface area contributed by atoms with Gasteiger partial charge in [-0.1, -0.05) is 55.8 Å². The van der Waals surface area contributed by atoms with Crippen molar-refractivity contribution in [3.05, 3.63) is 59.7 Å². The standard InChI is InChI=1S/C24H27NO3/c1-3-5-10-23(26)22(24(27)28-4-2)16-13-18-11-14-19(15-12-18)21-9-7-6-8-20(21)17-25/h6-9,11-12,14-15,22H,3-5,10,13,16H2,1-2H3. The number of ether oxygens (including phenoxy) is 1. The number of nitriles is 1. The van der Waals surface area contributed by atoms with E-state index in [1.807, 2.05) is 49.4 Å². The summed E-state index contributed by atoms with van der Waals surface area (Å²) >= 11 is 0. The minimum absolute atomic E-state index is 0.0279. The van der Waals surface area contributed by atoms with Crippen molar-refractivity contribution in [3.63, 3.8) is 0 Å². The van der Waals surface area contributed by atoms with Gasteiger partial charge in [0.05, 0.1) is 18.2 Å². The van der Waals surface area contributed by atoms with Gasteiger partial charge >= 0.3 is 5.97 Å². The van der Waals surface area contributed by atoms with Crippen LogP contribution in [0.1, 0.15) is 50.7 Å². The molecule has 0 aliphatic heterocycles. The summed E-state index contributed by atoms with van der Waals surface area (Å²) in [6.07, 6.45) is 3.22. The van der Waals surface area contributed by atoms with Crippen molar-refractivity contribution in [3.8, 4) is 17.2 Å². The van der Waals surface area contributed by atoms with Gasteiger partial charge in [0.2, 0.25) is 0 Å². The Bertz CT molecular complexity index is 834. The molecule has 4 nitrogen and oxygen atoms in total. The van der Waals surface area contributed by atoms with Crippen molar-refractivity contribution in [1.29, 1.82) is 5.26 Å². The number of unbranched alkanes of at least 4 members (excludes halogenated alkanes) is 1. The van der Waals surface area contributed by atoms with Gasteiger partial charge in [-0.25, -0.2) is 0 Å². The maximum atomic E-state index is 12.4. The van der Waals surface area contributed by atoms with Gasteiger partial charge in [0.25, 0.3) is 0 Å². The van der Waals surface area contributed by atoms with Crippen molar-refractivity contribution in [2.24, 2.45) is 5.92 Å². The molecule has 2 aromatic rings. The second kappa shape index (κ2) is 11.0. The second-order valence-electron chi connectivity index (χ2n) is 6.77. The van der Waals surface area contributed by atoms with Crippen LogP contribution in [0.4, 0.5) is 0 Å². The SMILES string of the molecule is CCCCC(=O)C(CCc1ccc(-c2ccccc2C#N)cc1)C(=O)OCC. The Morgan fingerprint density at radius 3 is 2.43 bits per heavy atom. The van der Waals surface area contributed by atoms with E-state index in [1.165, 1.54) is 0 Å². The van der Waals surface area contributed by atoms with Crippen LogP contribution in [-0.4, -0.2) is 18.4 Å². The van der Waals surface area contributed by atoms with Crippen molar-refractivity contribution in [1.82, 2.24) is 0 Å². The number of benzene rings is 2. The molecule has 0 saturated heterocycles. The van der Waals surface area contributed by atoms with Gasteiger partial charge < -0.3 is 4.74 Å². The summed E-state index contributed by atoms with van der Waals surface area (Å²) in [5, 5.41) is 9.26. The molecule has 0 heterocycles. The van der Waals surface area contributed by atoms with E-state index < -0.39 is 11.9 Å². The molecule has 146 valence electrons. The number of carbonyl (C=O) groups excluding carboxylic acids is 2. The minimum atomic E-state index is -0.689. The fraction of sp³-hybridized carbons (Fsp3) is 0.375. The number of hydrogen-bond donors (Lipinski definition) is 0. The topological polar surface area (TPSA) is 67.2 Å². The van der Waals surface area contributed by atoms with E-state index in [2.05, 4.69) is 6.07 Å². The molecule has 1 atom stereocenters. The summed E-state index contributed by atoms with van der Waals surface area (Å²) in [6, 6.07) is 17.6. The summed E-state index contributed by atoms with van der Waals surface area (Å²) in [4.78, 5) is 24.6. The van der Waals surface area contributed by atoms with E-state index in [1.54, 1.807) is 13.0 Å². The van der Waals surface area contributed by atoms with Gasteiger partial charge in [0, 0.05) is 6.42 Å². The number of rotatable bonds is 10. The molecule has 1 unspecified atom stereocenters. The highest BCUT2D eigenvalue weighted by Gasteiger charge is 2.26. The summed E-state index contributed by atoms with van der Waals surface area (Å²) in [6.45, 7) is 4.06. The highest BCUT2D eigenvalue weighted by atomic mass is 16.5. The summed E-state index contributed by atoms with van der Waals surface area (Å²) in [5.41, 5.74) is 3.56. The van der Waals surface area contributed by atoms with Gasteiger partial charge in [-0.15, -0.1) is 0 Å². The van der Waals surface area contributed by atoms with E-state index in [4.69, 9.17) is 4.74 Å². The first-order valence-corrected chi connectivity index (χ1v) is 9.88. The van der Waals surface area contributed by atoms with E-state index >= 15 is 0 Å². The van der Waals surface area contributed by atoms with Gasteiger partial charge in [-0.3, -0.25) is 9.59 Å². The van der Waals surface area contributed by atoms with Gasteiger partial charge in [-0.2, -0.15) is 5.26 Å². The summed E-state index contributed by atoms with van der Waals surface area (Å²) in [5.74, 6) is -1.13. The third-order valence-corrected chi connectivity index (χ3v) is 4.77. The first-order valence-electron chi connectivity index (χ1n) is 9.88. The molecule has 0 fully saturated rings. The molecule has 0 bridgehead atoms. The molecule has 28 heavy (non-hydrogen) atoms. The lowest BCUT2D eigenvalue weighted by atomic mass is 9.92. The lowest BCUT2D eigenvalue weighted by molar-refractivity contribution is -0.151. The largest absolute Gasteiger partial charge is 0.465 e. The summed E-state index contributed by atoms with van der Waals surface area (Å²) < 4.78 is 5.11. The molecule has 0 saturated carbocycles. The number of aryl methyl sites for hydroxylation is 1. The normalized spacial score (nSPS) is 11.5. The zero-order chi connectivity index (χ0) is 20.4. The highest BCUT2D eigenvalue weighted by molar-refractivity contribution is 5.98. The Balaban J connectivity index is 2.08. The van der Waals surface area contributed by atoms with Crippen LogP contribution in [0.2, 0.25) is 0 Å². The molecular formula is C24H27NO3. The molecule has 0 aromatic heterocycles. The third kappa shape index (κ3) is 5.79. The maximum Gasteiger partial charge on any atom is 0.316 e. The number of nitrogens with zero attached hydrogens (tertiary/aromatic N) is 1. The number of esters is 1. The van der Waals surface area contributed by atoms with E-state index in [0.717, 1.165) is 29.5 Å². The van der Waals surface area contributed by atoms with Crippen LogP contribution in [0.5, 0.6) is 0 Å². The molecule has 0 aliphatic carbocycles. The summed E-state index contributed by atoms with van der Waals surface area (Å²) in [7, 11) is 0. The van der Waals surface area contributed by atoms with Crippen LogP contribution in [-0.2, 0) is 20.7 Å². The van der Waals surface area contributed by atoms with Crippen molar-refractivity contribution >= 4 is 11.8 Å². The smallest absolute Gasteiger partial charge is 0.316 e.